The van der Waals surface area contributed by atoms with E-state index >= 15 is 0 Å². The zero-order valence-electron chi connectivity index (χ0n) is 10.2. The van der Waals surface area contributed by atoms with E-state index < -0.39 is 6.10 Å². The van der Waals surface area contributed by atoms with Crippen LogP contribution in [0.3, 0.4) is 0 Å². The van der Waals surface area contributed by atoms with Gasteiger partial charge in [-0.15, -0.1) is 0 Å². The number of aliphatic hydroxyl groups excluding tert-OH is 1. The van der Waals surface area contributed by atoms with E-state index in [1.54, 1.807) is 23.3 Å². The van der Waals surface area contributed by atoms with Gasteiger partial charge < -0.3 is 10.4 Å². The molecule has 5 nitrogen and oxygen atoms in total. The highest BCUT2D eigenvalue weighted by Gasteiger charge is 2.04. The Balaban J connectivity index is 1.60. The molecule has 0 aliphatic heterocycles. The van der Waals surface area contributed by atoms with Gasteiger partial charge in [0.25, 0.3) is 0 Å². The summed E-state index contributed by atoms with van der Waals surface area (Å²) < 4.78 is 1.73. The van der Waals surface area contributed by atoms with Crippen molar-refractivity contribution in [3.05, 3.63) is 48.5 Å². The van der Waals surface area contributed by atoms with E-state index in [2.05, 4.69) is 15.4 Å². The van der Waals surface area contributed by atoms with Gasteiger partial charge in [-0.25, -0.2) is 0 Å². The van der Waals surface area contributed by atoms with Gasteiger partial charge in [-0.2, -0.15) is 5.10 Å². The second-order valence-corrected chi connectivity index (χ2v) is 4.19. The average Bonchev–Trinajstić information content (AvgIpc) is 2.89. The third-order valence-corrected chi connectivity index (χ3v) is 2.68. The molecule has 18 heavy (non-hydrogen) atoms. The van der Waals surface area contributed by atoms with E-state index in [9.17, 15) is 5.11 Å². The molecule has 0 saturated heterocycles. The van der Waals surface area contributed by atoms with E-state index in [4.69, 9.17) is 0 Å². The molecule has 0 aliphatic carbocycles. The fourth-order valence-electron chi connectivity index (χ4n) is 1.74. The highest BCUT2D eigenvalue weighted by molar-refractivity contribution is 5.09. The Morgan fingerprint density at radius 3 is 2.83 bits per heavy atom. The summed E-state index contributed by atoms with van der Waals surface area (Å²) in [6, 6.07) is 5.85. The fourth-order valence-corrected chi connectivity index (χ4v) is 1.74. The Labute approximate surface area is 106 Å². The van der Waals surface area contributed by atoms with Gasteiger partial charge in [0.2, 0.25) is 0 Å². The van der Waals surface area contributed by atoms with Crippen LogP contribution in [0.15, 0.2) is 43.0 Å². The highest BCUT2D eigenvalue weighted by atomic mass is 16.3. The predicted molar refractivity (Wildman–Crippen MR) is 69.0 cm³/mol. The minimum absolute atomic E-state index is 0.414. The largest absolute Gasteiger partial charge is 0.390 e. The van der Waals surface area contributed by atoms with E-state index in [1.165, 1.54) is 5.56 Å². The second-order valence-electron chi connectivity index (χ2n) is 4.19. The first kappa shape index (κ1) is 12.7. The topological polar surface area (TPSA) is 63.0 Å². The lowest BCUT2D eigenvalue weighted by Crippen LogP contribution is -2.31. The maximum atomic E-state index is 9.78. The zero-order chi connectivity index (χ0) is 12.6. The Kier molecular flexibility index (Phi) is 4.87. The third-order valence-electron chi connectivity index (χ3n) is 2.68. The number of nitrogens with zero attached hydrogens (tertiary/aromatic N) is 3. The molecule has 5 heteroatoms. The van der Waals surface area contributed by atoms with E-state index in [1.807, 2.05) is 24.4 Å². The van der Waals surface area contributed by atoms with Crippen molar-refractivity contribution in [2.45, 2.75) is 19.1 Å². The second kappa shape index (κ2) is 6.88. The maximum Gasteiger partial charge on any atom is 0.0860 e. The smallest absolute Gasteiger partial charge is 0.0860 e. The van der Waals surface area contributed by atoms with Crippen LogP contribution in [0.25, 0.3) is 0 Å². The summed E-state index contributed by atoms with van der Waals surface area (Å²) in [6.07, 6.45) is 7.67. The molecule has 2 rings (SSSR count). The monoisotopic (exact) mass is 246 g/mol. The van der Waals surface area contributed by atoms with Crippen LogP contribution in [0, 0.1) is 0 Å². The summed E-state index contributed by atoms with van der Waals surface area (Å²) >= 11 is 0. The van der Waals surface area contributed by atoms with Crippen molar-refractivity contribution in [3.8, 4) is 0 Å². The summed E-state index contributed by atoms with van der Waals surface area (Å²) in [7, 11) is 0. The SMILES string of the molecule is OC(CNCCc1ccncc1)Cn1cccn1. The van der Waals surface area contributed by atoms with Crippen molar-refractivity contribution in [3.63, 3.8) is 0 Å². The number of hydrogen-bond acceptors (Lipinski definition) is 4. The van der Waals surface area contributed by atoms with Gasteiger partial charge in [0.1, 0.15) is 0 Å². The molecule has 2 heterocycles. The van der Waals surface area contributed by atoms with Crippen molar-refractivity contribution < 1.29 is 5.11 Å². The summed E-state index contributed by atoms with van der Waals surface area (Å²) in [5, 5.41) is 17.1. The van der Waals surface area contributed by atoms with Gasteiger partial charge in [-0.05, 0) is 36.7 Å². The Morgan fingerprint density at radius 1 is 1.28 bits per heavy atom. The van der Waals surface area contributed by atoms with Gasteiger partial charge in [-0.3, -0.25) is 9.67 Å². The molecule has 0 aromatic carbocycles. The van der Waals surface area contributed by atoms with Crippen LogP contribution in [0.4, 0.5) is 0 Å². The van der Waals surface area contributed by atoms with Crippen molar-refractivity contribution in [2.75, 3.05) is 13.1 Å². The third kappa shape index (κ3) is 4.27. The molecule has 2 aromatic heterocycles. The predicted octanol–water partition coefficient (Wildman–Crippen LogP) is 0.471. The molecule has 0 amide bonds. The van der Waals surface area contributed by atoms with Gasteiger partial charge in [-0.1, -0.05) is 0 Å². The zero-order valence-corrected chi connectivity index (χ0v) is 10.2. The van der Waals surface area contributed by atoms with Crippen LogP contribution in [0.1, 0.15) is 5.56 Å². The van der Waals surface area contributed by atoms with Gasteiger partial charge in [0.15, 0.2) is 0 Å². The summed E-state index contributed by atoms with van der Waals surface area (Å²) in [4.78, 5) is 3.97. The molecule has 0 radical (unpaired) electrons. The molecular weight excluding hydrogens is 228 g/mol. The molecule has 0 aliphatic rings. The minimum atomic E-state index is -0.414. The lowest BCUT2D eigenvalue weighted by molar-refractivity contribution is 0.147. The summed E-state index contributed by atoms with van der Waals surface area (Å²) in [5.74, 6) is 0. The number of hydrogen-bond donors (Lipinski definition) is 2. The first-order valence-electron chi connectivity index (χ1n) is 6.10. The minimum Gasteiger partial charge on any atom is -0.390 e. The molecular formula is C13H18N4O. The number of pyridine rings is 1. The molecule has 0 bridgehead atoms. The van der Waals surface area contributed by atoms with Crippen LogP contribution in [0.5, 0.6) is 0 Å². The number of aromatic nitrogens is 3. The number of nitrogens with one attached hydrogen (secondary N) is 1. The standard InChI is InChI=1S/C13H18N4O/c18-13(11-17-9-1-5-16-17)10-15-8-4-12-2-6-14-7-3-12/h1-3,5-7,9,13,15,18H,4,8,10-11H2. The molecule has 2 aromatic rings. The average molecular weight is 246 g/mol. The Hall–Kier alpha value is -1.72. The molecule has 96 valence electrons. The Morgan fingerprint density at radius 2 is 2.11 bits per heavy atom. The quantitative estimate of drug-likeness (QED) is 0.697. The highest BCUT2D eigenvalue weighted by Crippen LogP contribution is 1.96. The Bertz CT molecular complexity index is 430. The fraction of sp³-hybridized carbons (Fsp3) is 0.385. The normalized spacial score (nSPS) is 12.5. The summed E-state index contributed by atoms with van der Waals surface area (Å²) in [5.41, 5.74) is 1.25. The van der Waals surface area contributed by atoms with E-state index in [-0.39, 0.29) is 0 Å². The maximum absolute atomic E-state index is 9.78. The van der Waals surface area contributed by atoms with Gasteiger partial charge in [0.05, 0.1) is 12.6 Å². The molecule has 1 unspecified atom stereocenters. The molecule has 0 spiro atoms. The molecule has 1 atom stereocenters. The van der Waals surface area contributed by atoms with Crippen LogP contribution in [-0.4, -0.2) is 39.1 Å². The van der Waals surface area contributed by atoms with E-state index in [0.717, 1.165) is 13.0 Å². The molecule has 2 N–H and O–H groups in total. The van der Waals surface area contributed by atoms with Crippen molar-refractivity contribution in [1.29, 1.82) is 0 Å². The van der Waals surface area contributed by atoms with Crippen LogP contribution in [0.2, 0.25) is 0 Å². The first-order valence-corrected chi connectivity index (χ1v) is 6.10. The molecule has 0 fully saturated rings. The van der Waals surface area contributed by atoms with Crippen molar-refractivity contribution in [2.24, 2.45) is 0 Å². The number of aliphatic hydroxyl groups is 1. The van der Waals surface area contributed by atoms with Crippen molar-refractivity contribution >= 4 is 0 Å². The lowest BCUT2D eigenvalue weighted by Gasteiger charge is -2.11. The van der Waals surface area contributed by atoms with Gasteiger partial charge in [0, 0.05) is 31.3 Å². The van der Waals surface area contributed by atoms with Crippen LogP contribution < -0.4 is 5.32 Å². The summed E-state index contributed by atoms with van der Waals surface area (Å²) in [6.45, 7) is 1.94. The lowest BCUT2D eigenvalue weighted by atomic mass is 10.2. The van der Waals surface area contributed by atoms with Crippen LogP contribution >= 0.6 is 0 Å². The molecule has 0 saturated carbocycles. The first-order chi connectivity index (χ1) is 8.84. The number of rotatable bonds is 7. The van der Waals surface area contributed by atoms with Crippen LogP contribution in [-0.2, 0) is 13.0 Å². The van der Waals surface area contributed by atoms with E-state index in [0.29, 0.717) is 13.1 Å². The van der Waals surface area contributed by atoms with Gasteiger partial charge >= 0.3 is 0 Å². The van der Waals surface area contributed by atoms with Crippen molar-refractivity contribution in [1.82, 2.24) is 20.1 Å².